The van der Waals surface area contributed by atoms with E-state index in [-0.39, 0.29) is 17.9 Å². The Morgan fingerprint density at radius 1 is 1.10 bits per heavy atom. The zero-order chi connectivity index (χ0) is 22.0. The van der Waals surface area contributed by atoms with Gasteiger partial charge in [-0.05, 0) is 48.9 Å². The summed E-state index contributed by atoms with van der Waals surface area (Å²) in [5, 5.41) is 21.3. The molecule has 0 spiro atoms. The molecule has 0 aromatic heterocycles. The second-order valence-corrected chi connectivity index (χ2v) is 7.36. The molecule has 2 aromatic carbocycles. The van der Waals surface area contributed by atoms with Crippen molar-refractivity contribution >= 4 is 29.1 Å². The maximum atomic E-state index is 12.9. The topological polar surface area (TPSA) is 96.3 Å². The molecule has 2 atom stereocenters. The van der Waals surface area contributed by atoms with E-state index in [4.69, 9.17) is 21.1 Å². The van der Waals surface area contributed by atoms with Gasteiger partial charge in [0.2, 0.25) is 0 Å². The maximum Gasteiger partial charge on any atom is 0.295 e. The molecule has 1 heterocycles. The van der Waals surface area contributed by atoms with E-state index in [1.54, 1.807) is 42.5 Å². The van der Waals surface area contributed by atoms with Crippen LogP contribution >= 0.6 is 11.6 Å². The molecule has 1 aliphatic rings. The maximum absolute atomic E-state index is 12.9. The molecule has 1 aliphatic heterocycles. The number of carbonyl (C=O) groups excluding carboxylic acids is 2. The van der Waals surface area contributed by atoms with Crippen LogP contribution in [0.5, 0.6) is 11.5 Å². The van der Waals surface area contributed by atoms with Crippen LogP contribution in [0.4, 0.5) is 0 Å². The lowest BCUT2D eigenvalue weighted by molar-refractivity contribution is -0.140. The summed E-state index contributed by atoms with van der Waals surface area (Å²) in [7, 11) is 2.97. The first-order chi connectivity index (χ1) is 14.3. The molecular weight excluding hydrogens is 410 g/mol. The number of Topliss-reactive ketones (excluding diaryl/α,β-unsaturated/α-hetero) is 1. The van der Waals surface area contributed by atoms with Gasteiger partial charge < -0.3 is 24.6 Å². The highest BCUT2D eigenvalue weighted by atomic mass is 35.5. The zero-order valence-corrected chi connectivity index (χ0v) is 17.5. The smallest absolute Gasteiger partial charge is 0.295 e. The number of likely N-dealkylation sites (tertiary alicyclic amines) is 1. The normalized spacial score (nSPS) is 19.1. The number of benzene rings is 2. The Morgan fingerprint density at radius 2 is 1.73 bits per heavy atom. The van der Waals surface area contributed by atoms with Gasteiger partial charge in [0.1, 0.15) is 5.76 Å². The highest BCUT2D eigenvalue weighted by molar-refractivity contribution is 6.46. The van der Waals surface area contributed by atoms with Gasteiger partial charge in [0, 0.05) is 17.1 Å². The van der Waals surface area contributed by atoms with E-state index in [2.05, 4.69) is 0 Å². The molecule has 30 heavy (non-hydrogen) atoms. The highest BCUT2D eigenvalue weighted by Crippen LogP contribution is 2.42. The van der Waals surface area contributed by atoms with Crippen LogP contribution in [0.2, 0.25) is 5.02 Å². The first kappa shape index (κ1) is 21.7. The van der Waals surface area contributed by atoms with E-state index >= 15 is 0 Å². The Kier molecular flexibility index (Phi) is 6.34. The third-order valence-electron chi connectivity index (χ3n) is 4.84. The second-order valence-electron chi connectivity index (χ2n) is 6.92. The third kappa shape index (κ3) is 3.99. The molecule has 1 fully saturated rings. The lowest BCUT2D eigenvalue weighted by atomic mass is 9.95. The summed E-state index contributed by atoms with van der Waals surface area (Å²) in [6.07, 6.45) is -0.874. The summed E-state index contributed by atoms with van der Waals surface area (Å²) in [6.45, 7) is 1.44. The molecule has 1 saturated heterocycles. The molecule has 0 bridgehead atoms. The first-order valence-electron chi connectivity index (χ1n) is 9.22. The fourth-order valence-electron chi connectivity index (χ4n) is 3.49. The van der Waals surface area contributed by atoms with E-state index in [1.807, 2.05) is 0 Å². The number of halogens is 1. The predicted molar refractivity (Wildman–Crippen MR) is 112 cm³/mol. The molecule has 0 aliphatic carbocycles. The van der Waals surface area contributed by atoms with Crippen LogP contribution in [-0.2, 0) is 9.59 Å². The number of carbonyl (C=O) groups is 2. The summed E-state index contributed by atoms with van der Waals surface area (Å²) >= 11 is 5.91. The number of rotatable bonds is 6. The van der Waals surface area contributed by atoms with Gasteiger partial charge in [-0.3, -0.25) is 9.59 Å². The average Bonchev–Trinajstić information content (AvgIpc) is 2.97. The minimum atomic E-state index is -0.907. The summed E-state index contributed by atoms with van der Waals surface area (Å²) in [6, 6.07) is 10.3. The van der Waals surface area contributed by atoms with E-state index in [9.17, 15) is 19.8 Å². The van der Waals surface area contributed by atoms with Gasteiger partial charge in [-0.25, -0.2) is 0 Å². The Bertz CT molecular complexity index is 999. The fraction of sp³-hybridized carbons (Fsp3) is 0.273. The van der Waals surface area contributed by atoms with Crippen molar-refractivity contribution in [1.82, 2.24) is 4.90 Å². The van der Waals surface area contributed by atoms with Crippen molar-refractivity contribution in [2.45, 2.75) is 19.1 Å². The predicted octanol–water partition coefficient (Wildman–Crippen LogP) is 3.16. The van der Waals surface area contributed by atoms with Crippen molar-refractivity contribution in [3.63, 3.8) is 0 Å². The second kappa shape index (κ2) is 8.77. The van der Waals surface area contributed by atoms with E-state index in [0.29, 0.717) is 27.6 Å². The van der Waals surface area contributed by atoms with Gasteiger partial charge in [0.05, 0.1) is 31.9 Å². The Morgan fingerprint density at radius 3 is 2.30 bits per heavy atom. The van der Waals surface area contributed by atoms with Gasteiger partial charge in [0.15, 0.2) is 11.5 Å². The van der Waals surface area contributed by atoms with Crippen LogP contribution in [0, 0.1) is 0 Å². The van der Waals surface area contributed by atoms with Gasteiger partial charge in [0.25, 0.3) is 11.7 Å². The number of aliphatic hydroxyl groups is 2. The quantitative estimate of drug-likeness (QED) is 0.414. The lowest BCUT2D eigenvalue weighted by Crippen LogP contribution is -2.35. The van der Waals surface area contributed by atoms with Gasteiger partial charge >= 0.3 is 0 Å². The number of ether oxygens (including phenoxy) is 2. The van der Waals surface area contributed by atoms with Crippen molar-refractivity contribution in [2.24, 2.45) is 0 Å². The fourth-order valence-corrected chi connectivity index (χ4v) is 3.61. The van der Waals surface area contributed by atoms with E-state index in [1.165, 1.54) is 26.0 Å². The molecule has 0 radical (unpaired) electrons. The minimum absolute atomic E-state index is 0.0739. The average molecular weight is 432 g/mol. The van der Waals surface area contributed by atoms with Crippen molar-refractivity contribution in [3.8, 4) is 11.5 Å². The molecule has 0 saturated carbocycles. The highest BCUT2D eigenvalue weighted by Gasteiger charge is 2.46. The van der Waals surface area contributed by atoms with Crippen LogP contribution in [0.15, 0.2) is 48.0 Å². The summed E-state index contributed by atoms with van der Waals surface area (Å²) in [4.78, 5) is 26.9. The van der Waals surface area contributed by atoms with E-state index in [0.717, 1.165) is 0 Å². The van der Waals surface area contributed by atoms with Crippen molar-refractivity contribution in [3.05, 3.63) is 64.2 Å². The third-order valence-corrected chi connectivity index (χ3v) is 5.09. The Labute approximate surface area is 179 Å². The van der Waals surface area contributed by atoms with Gasteiger partial charge in [-0.1, -0.05) is 17.7 Å². The first-order valence-corrected chi connectivity index (χ1v) is 9.60. The number of nitrogens with zero attached hydrogens (tertiary/aromatic N) is 1. The number of aliphatic hydroxyl groups excluding tert-OH is 2. The molecule has 0 unspecified atom stereocenters. The Hall–Kier alpha value is -3.03. The Balaban J connectivity index is 2.21. The number of methoxy groups -OCH3 is 2. The molecular formula is C22H22ClNO6. The van der Waals surface area contributed by atoms with Crippen LogP contribution in [0.1, 0.15) is 24.1 Å². The molecule has 7 nitrogen and oxygen atoms in total. The summed E-state index contributed by atoms with van der Waals surface area (Å²) < 4.78 is 10.6. The van der Waals surface area contributed by atoms with Gasteiger partial charge in [-0.15, -0.1) is 0 Å². The van der Waals surface area contributed by atoms with Crippen molar-refractivity contribution in [2.75, 3.05) is 20.8 Å². The number of ketones is 1. The standard InChI is InChI=1S/C22H22ClNO6/c1-12(25)11-24-19(14-6-9-16(29-2)17(10-14)30-3)18(21(27)22(24)28)20(26)13-4-7-15(23)8-5-13/h4-10,12,19,25-26H,11H2,1-3H3/t12-,19-/m0/s1. The summed E-state index contributed by atoms with van der Waals surface area (Å²) in [5.41, 5.74) is 0.804. The number of hydrogen-bond donors (Lipinski definition) is 2. The largest absolute Gasteiger partial charge is 0.507 e. The summed E-state index contributed by atoms with van der Waals surface area (Å²) in [5.74, 6) is -1.07. The SMILES string of the molecule is COc1ccc([C@H]2C(=C(O)c3ccc(Cl)cc3)C(=O)C(=O)N2C[C@H](C)O)cc1OC. The number of β-amino-alcohol motifs (C(OH)–C–C–N with tert-alkyl or cyclic N) is 1. The van der Waals surface area contributed by atoms with Crippen LogP contribution in [0.3, 0.4) is 0 Å². The molecule has 8 heteroatoms. The molecule has 3 rings (SSSR count). The monoisotopic (exact) mass is 431 g/mol. The van der Waals surface area contributed by atoms with E-state index < -0.39 is 23.8 Å². The van der Waals surface area contributed by atoms with Crippen molar-refractivity contribution < 1.29 is 29.3 Å². The zero-order valence-electron chi connectivity index (χ0n) is 16.8. The molecule has 1 amide bonds. The number of hydrogen-bond acceptors (Lipinski definition) is 6. The van der Waals surface area contributed by atoms with Crippen LogP contribution in [0.25, 0.3) is 5.76 Å². The minimum Gasteiger partial charge on any atom is -0.507 e. The van der Waals surface area contributed by atoms with Crippen LogP contribution in [-0.4, -0.2) is 53.7 Å². The van der Waals surface area contributed by atoms with Crippen molar-refractivity contribution in [1.29, 1.82) is 0 Å². The number of amides is 1. The molecule has 2 aromatic rings. The molecule has 2 N–H and O–H groups in total. The molecule has 158 valence electrons. The lowest BCUT2D eigenvalue weighted by Gasteiger charge is -2.27. The van der Waals surface area contributed by atoms with Crippen LogP contribution < -0.4 is 9.47 Å². The van der Waals surface area contributed by atoms with Gasteiger partial charge in [-0.2, -0.15) is 0 Å².